The zero-order valence-corrected chi connectivity index (χ0v) is 9.66. The molecule has 1 atom stereocenters. The Morgan fingerprint density at radius 2 is 2.19 bits per heavy atom. The number of carbonyl (C=O) groups is 1. The summed E-state index contributed by atoms with van der Waals surface area (Å²) >= 11 is 0. The minimum absolute atomic E-state index is 0.0393. The third-order valence-electron chi connectivity index (χ3n) is 2.74. The number of para-hydroxylation sites is 1. The van der Waals surface area contributed by atoms with Gasteiger partial charge < -0.3 is 9.47 Å². The smallest absolute Gasteiger partial charge is 0.342 e. The van der Waals surface area contributed by atoms with Crippen molar-refractivity contribution in [1.82, 2.24) is 0 Å². The van der Waals surface area contributed by atoms with Gasteiger partial charge in [0.25, 0.3) is 0 Å². The lowest BCUT2D eigenvalue weighted by molar-refractivity contribution is 0.0325. The molecule has 1 aliphatic rings. The molecule has 86 valence electrons. The molecule has 0 fully saturated rings. The number of aryl methyl sites for hydroxylation is 1. The van der Waals surface area contributed by atoms with Gasteiger partial charge in [0.1, 0.15) is 11.3 Å². The molecule has 1 heterocycles. The van der Waals surface area contributed by atoms with E-state index in [4.69, 9.17) is 9.47 Å². The Labute approximate surface area is 95.4 Å². The molecule has 3 nitrogen and oxygen atoms in total. The first-order valence-electron chi connectivity index (χ1n) is 5.62. The minimum Gasteiger partial charge on any atom is -0.492 e. The molecule has 2 rings (SSSR count). The Morgan fingerprint density at radius 3 is 3.00 bits per heavy atom. The molecule has 0 saturated heterocycles. The van der Waals surface area contributed by atoms with E-state index in [9.17, 15) is 4.79 Å². The predicted octanol–water partition coefficient (Wildman–Crippen LogP) is 2.71. The molecule has 1 unspecified atom stereocenters. The monoisotopic (exact) mass is 220 g/mol. The van der Waals surface area contributed by atoms with Crippen molar-refractivity contribution in [3.05, 3.63) is 29.3 Å². The van der Waals surface area contributed by atoms with E-state index in [1.54, 1.807) is 6.07 Å². The second kappa shape index (κ2) is 4.56. The lowest BCUT2D eigenvalue weighted by atomic mass is 10.1. The quantitative estimate of drug-likeness (QED) is 0.631. The van der Waals surface area contributed by atoms with Crippen LogP contribution in [-0.2, 0) is 4.74 Å². The van der Waals surface area contributed by atoms with Crippen LogP contribution in [0, 0.1) is 6.92 Å². The average Bonchev–Trinajstić information content (AvgIpc) is 2.31. The van der Waals surface area contributed by atoms with Gasteiger partial charge in [-0.3, -0.25) is 0 Å². The fourth-order valence-corrected chi connectivity index (χ4v) is 1.85. The number of rotatable bonds is 0. The van der Waals surface area contributed by atoms with Crippen LogP contribution in [0.2, 0.25) is 0 Å². The predicted molar refractivity (Wildman–Crippen MR) is 60.8 cm³/mol. The number of cyclic esters (lactones) is 1. The highest BCUT2D eigenvalue weighted by molar-refractivity contribution is 5.93. The Kier molecular flexibility index (Phi) is 3.13. The van der Waals surface area contributed by atoms with E-state index in [0.29, 0.717) is 17.9 Å². The average molecular weight is 220 g/mol. The zero-order chi connectivity index (χ0) is 11.5. The highest BCUT2D eigenvalue weighted by Crippen LogP contribution is 2.26. The van der Waals surface area contributed by atoms with Crippen molar-refractivity contribution in [2.75, 3.05) is 6.61 Å². The molecule has 3 heteroatoms. The normalized spacial score (nSPS) is 20.9. The molecule has 0 aromatic heterocycles. The molecule has 0 aliphatic carbocycles. The Morgan fingerprint density at radius 1 is 1.38 bits per heavy atom. The molecule has 1 aromatic carbocycles. The lowest BCUT2D eigenvalue weighted by Crippen LogP contribution is -2.14. The maximum absolute atomic E-state index is 11.9. The van der Waals surface area contributed by atoms with Crippen LogP contribution in [0.1, 0.15) is 35.7 Å². The van der Waals surface area contributed by atoms with Gasteiger partial charge >= 0.3 is 5.97 Å². The van der Waals surface area contributed by atoms with Gasteiger partial charge in [0.2, 0.25) is 0 Å². The fourth-order valence-electron chi connectivity index (χ4n) is 1.85. The van der Waals surface area contributed by atoms with Gasteiger partial charge in [-0.2, -0.15) is 0 Å². The lowest BCUT2D eigenvalue weighted by Gasteiger charge is -2.12. The zero-order valence-electron chi connectivity index (χ0n) is 9.66. The van der Waals surface area contributed by atoms with Gasteiger partial charge in [-0.15, -0.1) is 0 Å². The van der Waals surface area contributed by atoms with Crippen LogP contribution in [0.15, 0.2) is 18.2 Å². The van der Waals surface area contributed by atoms with Crippen LogP contribution in [0.5, 0.6) is 5.75 Å². The van der Waals surface area contributed by atoms with Gasteiger partial charge in [0, 0.05) is 0 Å². The van der Waals surface area contributed by atoms with E-state index < -0.39 is 0 Å². The minimum atomic E-state index is -0.284. The summed E-state index contributed by atoms with van der Waals surface area (Å²) in [5, 5.41) is 0. The number of carbonyl (C=O) groups excluding carboxylic acids is 1. The summed E-state index contributed by atoms with van der Waals surface area (Å²) in [6.45, 7) is 4.49. The van der Waals surface area contributed by atoms with Crippen LogP contribution < -0.4 is 4.74 Å². The van der Waals surface area contributed by atoms with Gasteiger partial charge in [-0.1, -0.05) is 12.1 Å². The first kappa shape index (κ1) is 11.0. The number of hydrogen-bond acceptors (Lipinski definition) is 3. The molecule has 16 heavy (non-hydrogen) atoms. The van der Waals surface area contributed by atoms with Crippen molar-refractivity contribution in [2.24, 2.45) is 0 Å². The number of fused-ring (bicyclic) bond motifs is 1. The number of ether oxygens (including phenoxy) is 2. The van der Waals surface area contributed by atoms with Crippen LogP contribution >= 0.6 is 0 Å². The third-order valence-corrected chi connectivity index (χ3v) is 2.74. The van der Waals surface area contributed by atoms with E-state index in [0.717, 1.165) is 18.4 Å². The molecule has 0 spiro atoms. The van der Waals surface area contributed by atoms with Gasteiger partial charge in [0.05, 0.1) is 12.7 Å². The third kappa shape index (κ3) is 2.18. The summed E-state index contributed by atoms with van der Waals surface area (Å²) in [5.41, 5.74) is 1.51. The maximum Gasteiger partial charge on any atom is 0.342 e. The van der Waals surface area contributed by atoms with E-state index >= 15 is 0 Å². The molecule has 1 aliphatic heterocycles. The van der Waals surface area contributed by atoms with Crippen molar-refractivity contribution in [2.45, 2.75) is 32.8 Å². The second-order valence-corrected chi connectivity index (χ2v) is 4.16. The summed E-state index contributed by atoms with van der Waals surface area (Å²) in [7, 11) is 0. The summed E-state index contributed by atoms with van der Waals surface area (Å²) in [6.07, 6.45) is 1.71. The highest BCUT2D eigenvalue weighted by atomic mass is 16.5. The van der Waals surface area contributed by atoms with Crippen LogP contribution in [-0.4, -0.2) is 18.7 Å². The van der Waals surface area contributed by atoms with Gasteiger partial charge in [0.15, 0.2) is 0 Å². The summed E-state index contributed by atoms with van der Waals surface area (Å²) in [5.74, 6) is 0.384. The van der Waals surface area contributed by atoms with Crippen molar-refractivity contribution >= 4 is 5.97 Å². The SMILES string of the molecule is Cc1cccc2c1OCCCC(C)OC2=O. The molecule has 0 amide bonds. The first-order valence-corrected chi connectivity index (χ1v) is 5.62. The maximum atomic E-state index is 11.9. The largest absolute Gasteiger partial charge is 0.492 e. The van der Waals surface area contributed by atoms with Crippen LogP contribution in [0.25, 0.3) is 0 Å². The van der Waals surface area contributed by atoms with E-state index in [1.807, 2.05) is 26.0 Å². The van der Waals surface area contributed by atoms with E-state index in [-0.39, 0.29) is 12.1 Å². The molecule has 0 radical (unpaired) electrons. The molecular formula is C13H16O3. The molecule has 0 bridgehead atoms. The Balaban J connectivity index is 2.38. The Hall–Kier alpha value is -1.51. The van der Waals surface area contributed by atoms with Crippen LogP contribution in [0.4, 0.5) is 0 Å². The fraction of sp³-hybridized carbons (Fsp3) is 0.462. The Bertz CT molecular complexity index is 398. The van der Waals surface area contributed by atoms with Crippen LogP contribution in [0.3, 0.4) is 0 Å². The number of esters is 1. The van der Waals surface area contributed by atoms with Crippen molar-refractivity contribution in [3.8, 4) is 5.75 Å². The second-order valence-electron chi connectivity index (χ2n) is 4.16. The topological polar surface area (TPSA) is 35.5 Å². The van der Waals surface area contributed by atoms with Gasteiger partial charge in [-0.25, -0.2) is 4.79 Å². The summed E-state index contributed by atoms with van der Waals surface area (Å²) in [4.78, 5) is 11.9. The van der Waals surface area contributed by atoms with E-state index in [1.165, 1.54) is 0 Å². The van der Waals surface area contributed by atoms with Crippen molar-refractivity contribution < 1.29 is 14.3 Å². The van der Waals surface area contributed by atoms with E-state index in [2.05, 4.69) is 0 Å². The highest BCUT2D eigenvalue weighted by Gasteiger charge is 2.20. The van der Waals surface area contributed by atoms with Crippen molar-refractivity contribution in [1.29, 1.82) is 0 Å². The first-order chi connectivity index (χ1) is 7.68. The summed E-state index contributed by atoms with van der Waals surface area (Å²) in [6, 6.07) is 5.54. The molecule has 0 saturated carbocycles. The molecule has 0 N–H and O–H groups in total. The standard InChI is InChI=1S/C13H16O3/c1-9-5-3-7-11-12(9)15-8-4-6-10(2)16-13(11)14/h3,5,7,10H,4,6,8H2,1-2H3. The number of benzene rings is 1. The number of hydrogen-bond donors (Lipinski definition) is 0. The summed E-state index contributed by atoms with van der Waals surface area (Å²) < 4.78 is 11.0. The molecule has 1 aromatic rings. The molecular weight excluding hydrogens is 204 g/mol. The van der Waals surface area contributed by atoms with Crippen molar-refractivity contribution in [3.63, 3.8) is 0 Å². The van der Waals surface area contributed by atoms with Gasteiger partial charge in [-0.05, 0) is 38.3 Å².